The topological polar surface area (TPSA) is 306 Å². The third kappa shape index (κ3) is 13.7. The zero-order chi connectivity index (χ0) is 64.7. The first-order valence-electron chi connectivity index (χ1n) is 29.7. The van der Waals surface area contributed by atoms with E-state index in [1.807, 2.05) is 107 Å². The number of fused-ring (bicyclic) bond motifs is 2. The Morgan fingerprint density at radius 2 is 1.37 bits per heavy atom. The molecule has 6 heterocycles. The van der Waals surface area contributed by atoms with E-state index in [2.05, 4.69) is 51.9 Å². The fourth-order valence-corrected chi connectivity index (χ4v) is 13.1. The number of aromatic nitrogens is 8. The number of alkyl halides is 1. The smallest absolute Gasteiger partial charge is 0.280 e. The molecule has 478 valence electrons. The van der Waals surface area contributed by atoms with E-state index in [0.29, 0.717) is 17.1 Å². The number of nitrogens with one attached hydrogen (secondary N) is 4. The Bertz CT molecular complexity index is 3850. The van der Waals surface area contributed by atoms with Crippen LogP contribution in [-0.4, -0.2) is 144 Å². The number of carbonyl (C=O) groups excluding carboxylic acids is 3. The number of carbonyl (C=O) groups is 3. The van der Waals surface area contributed by atoms with E-state index in [4.69, 9.17) is 32.9 Å². The van der Waals surface area contributed by atoms with Gasteiger partial charge in [0.15, 0.2) is 46.8 Å². The second-order valence-corrected chi connectivity index (χ2v) is 24.2. The highest BCUT2D eigenvalue weighted by Gasteiger charge is 2.52. The maximum Gasteiger partial charge on any atom is 0.280 e. The van der Waals surface area contributed by atoms with E-state index in [1.165, 1.54) is 30.7 Å². The summed E-state index contributed by atoms with van der Waals surface area (Å²) in [7, 11) is 2.41. The standard InChI is InChI=1S/C64H73FN13O12P/c1-36(2)58(80)74-63-73-57-53(60(82)75-63)71-35-77(57)61-51(65)50(40(29-66)31-88-91(83)78(37(3)4)38(5)6)47(89-61)30-67-49(79)28-46-48(90-62(54(46)86-9)76-34-70-52-55(68-33-69-56(52)76)72-59(81)39-16-12-10-13-17-39)32-87-64(41-18-14-11-15-19-41,42-20-24-44(84-7)25-21-42)43-22-26-45(85-8)27-23-43/h10-27,33-38,40,46-48,50-51,54,61-62,83H,28,30-32H2,1-9H3,(H,67,79)(H,68,69,72,81)(H2,73,74,75,80,82)/t40?,46-,47+,48-,50-,51-,54-,61-,62-,91?/m1/s1. The van der Waals surface area contributed by atoms with Crippen molar-refractivity contribution in [1.82, 2.24) is 49.0 Å². The predicted octanol–water partition coefficient (Wildman–Crippen LogP) is 8.21. The summed E-state index contributed by atoms with van der Waals surface area (Å²) in [5, 5.41) is 19.2. The van der Waals surface area contributed by atoms with Gasteiger partial charge in [-0.2, -0.15) is 10.2 Å². The molecule has 2 unspecified atom stereocenters. The van der Waals surface area contributed by atoms with Crippen LogP contribution in [-0.2, 0) is 38.7 Å². The molecule has 25 nitrogen and oxygen atoms in total. The Kier molecular flexibility index (Phi) is 20.6. The number of imidazole rings is 2. The molecule has 2 saturated heterocycles. The fourth-order valence-electron chi connectivity index (χ4n) is 11.9. The SMILES string of the molecule is COc1ccc(C(OC[C@H]2O[C@@H](n3cnc4c(NC(=O)c5ccccc5)ncnc43)[C@H](OC)[C@@H]2CC(=O)NC[C@@H]2O[C@@H](n3cnc4c(=O)[nH]c(NC(=O)C(C)C)nc43)[C@H](F)[C@@H]2C(C#N)COP(O)N(C(C)C)C(C)C)(c2ccccc2)c2ccc(OC)cc2)cc1. The molecule has 4 aromatic heterocycles. The fraction of sp³-hybridized carbons (Fsp3) is 0.406. The molecule has 2 aliphatic heterocycles. The Morgan fingerprint density at radius 3 is 1.97 bits per heavy atom. The minimum Gasteiger partial charge on any atom is -0.497 e. The van der Waals surface area contributed by atoms with Crippen molar-refractivity contribution in [3.05, 3.63) is 161 Å². The molecule has 8 aromatic rings. The first-order chi connectivity index (χ1) is 43.9. The summed E-state index contributed by atoms with van der Waals surface area (Å²) >= 11 is 0. The minimum atomic E-state index is -2.25. The van der Waals surface area contributed by atoms with E-state index in [1.54, 1.807) is 67.6 Å². The number of hydrogen-bond acceptors (Lipinski definition) is 19. The normalized spacial score (nSPS) is 20.7. The number of ether oxygens (including phenoxy) is 6. The summed E-state index contributed by atoms with van der Waals surface area (Å²) in [6.45, 7) is 9.95. The molecule has 0 bridgehead atoms. The van der Waals surface area contributed by atoms with Crippen LogP contribution in [0.5, 0.6) is 11.5 Å². The molecule has 10 atom stereocenters. The number of halogens is 1. The lowest BCUT2D eigenvalue weighted by Gasteiger charge is -2.37. The van der Waals surface area contributed by atoms with Gasteiger partial charge in [-0.25, -0.2) is 29.0 Å². The number of hydrogen-bond donors (Lipinski definition) is 5. The molecule has 0 spiro atoms. The number of methoxy groups -OCH3 is 3. The van der Waals surface area contributed by atoms with Crippen molar-refractivity contribution < 1.29 is 56.6 Å². The van der Waals surface area contributed by atoms with Crippen LogP contribution in [0.15, 0.2) is 133 Å². The monoisotopic (exact) mass is 1270 g/mol. The average molecular weight is 1270 g/mol. The third-order valence-corrected chi connectivity index (χ3v) is 18.0. The maximum absolute atomic E-state index is 17.7. The summed E-state index contributed by atoms with van der Waals surface area (Å²) in [6, 6.07) is 35.2. The van der Waals surface area contributed by atoms with Gasteiger partial charge in [-0.15, -0.1) is 0 Å². The minimum absolute atomic E-state index is 0.123. The second-order valence-electron chi connectivity index (χ2n) is 22.9. The highest BCUT2D eigenvalue weighted by atomic mass is 31.2. The first kappa shape index (κ1) is 65.3. The number of anilines is 2. The highest BCUT2D eigenvalue weighted by Crippen LogP contribution is 2.47. The summed E-state index contributed by atoms with van der Waals surface area (Å²) in [4.78, 5) is 90.7. The van der Waals surface area contributed by atoms with Gasteiger partial charge in [0.2, 0.25) is 17.8 Å². The van der Waals surface area contributed by atoms with Crippen molar-refractivity contribution in [2.75, 3.05) is 51.7 Å². The number of nitrogens with zero attached hydrogens (tertiary/aromatic N) is 9. The maximum atomic E-state index is 17.7. The predicted molar refractivity (Wildman–Crippen MR) is 334 cm³/mol. The average Bonchev–Trinajstić information content (AvgIpc) is 1.79. The van der Waals surface area contributed by atoms with Gasteiger partial charge in [0.25, 0.3) is 20.0 Å². The summed E-state index contributed by atoms with van der Waals surface area (Å²) < 4.78 is 66.9. The van der Waals surface area contributed by atoms with Gasteiger partial charge < -0.3 is 48.5 Å². The summed E-state index contributed by atoms with van der Waals surface area (Å²) in [6.07, 6.45) is -4.06. The number of H-pyrrole nitrogens is 1. The van der Waals surface area contributed by atoms with Crippen molar-refractivity contribution in [2.24, 2.45) is 23.7 Å². The lowest BCUT2D eigenvalue weighted by Crippen LogP contribution is -2.42. The Labute approximate surface area is 525 Å². The van der Waals surface area contributed by atoms with Gasteiger partial charge in [0.1, 0.15) is 29.5 Å². The molecule has 91 heavy (non-hydrogen) atoms. The molecule has 0 aliphatic carbocycles. The van der Waals surface area contributed by atoms with Gasteiger partial charge >= 0.3 is 0 Å². The van der Waals surface area contributed by atoms with E-state index in [-0.39, 0.29) is 65.8 Å². The van der Waals surface area contributed by atoms with Gasteiger partial charge in [0.05, 0.1) is 64.3 Å². The number of nitriles is 1. The molecule has 2 fully saturated rings. The zero-order valence-corrected chi connectivity index (χ0v) is 52.6. The zero-order valence-electron chi connectivity index (χ0n) is 51.7. The van der Waals surface area contributed by atoms with E-state index >= 15 is 9.18 Å². The number of aromatic amines is 1. The van der Waals surface area contributed by atoms with Crippen molar-refractivity contribution in [3.8, 4) is 17.6 Å². The van der Waals surface area contributed by atoms with Crippen molar-refractivity contribution in [2.45, 2.75) is 103 Å². The van der Waals surface area contributed by atoms with Crippen molar-refractivity contribution in [3.63, 3.8) is 0 Å². The summed E-state index contributed by atoms with van der Waals surface area (Å²) in [5.74, 6) is -4.14. The Morgan fingerprint density at radius 1 is 0.780 bits per heavy atom. The van der Waals surface area contributed by atoms with Gasteiger partial charge in [-0.1, -0.05) is 86.6 Å². The van der Waals surface area contributed by atoms with Crippen LogP contribution in [0.2, 0.25) is 0 Å². The number of amides is 3. The molecule has 4 aromatic carbocycles. The lowest BCUT2D eigenvalue weighted by atomic mass is 9.79. The molecule has 0 saturated carbocycles. The van der Waals surface area contributed by atoms with Crippen LogP contribution in [0.4, 0.5) is 16.2 Å². The van der Waals surface area contributed by atoms with Crippen molar-refractivity contribution >= 4 is 60.3 Å². The first-order valence-corrected chi connectivity index (χ1v) is 30.9. The molecule has 3 amide bonds. The van der Waals surface area contributed by atoms with Gasteiger partial charge in [-0.3, -0.25) is 38.6 Å². The third-order valence-electron chi connectivity index (χ3n) is 16.3. The van der Waals surface area contributed by atoms with Crippen LogP contribution in [0.25, 0.3) is 22.3 Å². The molecule has 5 N–H and O–H groups in total. The van der Waals surface area contributed by atoms with Gasteiger partial charge in [0, 0.05) is 55.5 Å². The molecule has 27 heteroatoms. The van der Waals surface area contributed by atoms with Crippen LogP contribution >= 0.6 is 8.53 Å². The summed E-state index contributed by atoms with van der Waals surface area (Å²) in [5.41, 5.74) is 0.784. The second kappa shape index (κ2) is 28.7. The quantitative estimate of drug-likeness (QED) is 0.0252. The molecule has 0 radical (unpaired) electrons. The van der Waals surface area contributed by atoms with E-state index < -0.39 is 105 Å². The van der Waals surface area contributed by atoms with Gasteiger partial charge in [-0.05, 0) is 80.8 Å². The molecular formula is C64H73FN13O12P. The molecule has 2 aliphatic rings. The van der Waals surface area contributed by atoms with Crippen molar-refractivity contribution in [1.29, 1.82) is 5.26 Å². The number of rotatable bonds is 26. The van der Waals surface area contributed by atoms with E-state index in [0.717, 1.165) is 16.7 Å². The van der Waals surface area contributed by atoms with E-state index in [9.17, 15) is 24.5 Å². The lowest BCUT2D eigenvalue weighted by molar-refractivity contribution is -0.125. The Balaban J connectivity index is 0.998. The Hall–Kier alpha value is -8.64. The van der Waals surface area contributed by atoms with Crippen LogP contribution < -0.4 is 31.0 Å². The highest BCUT2D eigenvalue weighted by molar-refractivity contribution is 7.43. The molecular weight excluding hydrogens is 1190 g/mol. The largest absolute Gasteiger partial charge is 0.497 e. The molecule has 10 rings (SSSR count). The van der Waals surface area contributed by atoms with Crippen LogP contribution in [0.3, 0.4) is 0 Å². The van der Waals surface area contributed by atoms with Crippen LogP contribution in [0, 0.1) is 35.0 Å². The number of benzene rings is 4. The van der Waals surface area contributed by atoms with Crippen LogP contribution in [0.1, 0.15) is 87.5 Å².